The van der Waals surface area contributed by atoms with Gasteiger partial charge in [0.25, 0.3) is 15.9 Å². The summed E-state index contributed by atoms with van der Waals surface area (Å²) in [6, 6.07) is 11.1. The van der Waals surface area contributed by atoms with Gasteiger partial charge in [-0.15, -0.1) is 0 Å². The first-order chi connectivity index (χ1) is 16.5. The Morgan fingerprint density at radius 3 is 2.23 bits per heavy atom. The summed E-state index contributed by atoms with van der Waals surface area (Å²) in [7, 11) is -3.88. The molecule has 3 N–H and O–H groups in total. The van der Waals surface area contributed by atoms with Crippen molar-refractivity contribution < 1.29 is 17.9 Å². The fourth-order valence-corrected chi connectivity index (χ4v) is 4.42. The second-order valence-corrected chi connectivity index (χ2v) is 9.95. The van der Waals surface area contributed by atoms with Crippen LogP contribution in [0.4, 0.5) is 11.6 Å². The summed E-state index contributed by atoms with van der Waals surface area (Å²) >= 11 is 5.25. The Kier molecular flexibility index (Phi) is 8.03. The molecule has 0 aliphatic carbocycles. The largest absolute Gasteiger partial charge is 0.494 e. The summed E-state index contributed by atoms with van der Waals surface area (Å²) in [5, 5.41) is 5.58. The minimum atomic E-state index is -3.88. The standard InChI is InChI=1S/C24H27N5O4S2/c1-6-33-21-13-18(11-14(2)17(21)5)22(30)28-24(34)27-19-7-9-20(10-8-19)35(31,32)29-23-25-15(3)12-16(4)26-23/h7-13H,6H2,1-5H3,(H,25,26,29)(H2,27,28,30,34). The molecule has 0 bridgehead atoms. The number of amides is 1. The van der Waals surface area contributed by atoms with E-state index in [0.717, 1.165) is 11.1 Å². The second kappa shape index (κ2) is 10.8. The maximum Gasteiger partial charge on any atom is 0.264 e. The number of rotatable bonds is 7. The van der Waals surface area contributed by atoms with Gasteiger partial charge in [0.05, 0.1) is 11.5 Å². The molecule has 1 heterocycles. The predicted octanol–water partition coefficient (Wildman–Crippen LogP) is 4.04. The first-order valence-corrected chi connectivity index (χ1v) is 12.7. The molecule has 0 saturated carbocycles. The quantitative estimate of drug-likeness (QED) is 0.405. The average Bonchev–Trinajstić information content (AvgIpc) is 2.76. The number of benzene rings is 2. The number of carbonyl (C=O) groups is 1. The highest BCUT2D eigenvalue weighted by Crippen LogP contribution is 2.24. The van der Waals surface area contributed by atoms with E-state index in [1.807, 2.05) is 20.8 Å². The van der Waals surface area contributed by atoms with Crippen LogP contribution >= 0.6 is 12.2 Å². The van der Waals surface area contributed by atoms with Crippen molar-refractivity contribution in [1.29, 1.82) is 0 Å². The molecule has 9 nitrogen and oxygen atoms in total. The van der Waals surface area contributed by atoms with Gasteiger partial charge in [-0.2, -0.15) is 0 Å². The third kappa shape index (κ3) is 6.74. The van der Waals surface area contributed by atoms with Crippen LogP contribution in [0.15, 0.2) is 47.4 Å². The van der Waals surface area contributed by atoms with E-state index in [4.69, 9.17) is 17.0 Å². The van der Waals surface area contributed by atoms with Crippen LogP contribution in [0, 0.1) is 27.7 Å². The topological polar surface area (TPSA) is 122 Å². The fraction of sp³-hybridized carbons (Fsp3) is 0.250. The van der Waals surface area contributed by atoms with E-state index in [9.17, 15) is 13.2 Å². The van der Waals surface area contributed by atoms with Crippen LogP contribution < -0.4 is 20.1 Å². The zero-order valence-corrected chi connectivity index (χ0v) is 21.7. The predicted molar refractivity (Wildman–Crippen MR) is 140 cm³/mol. The fourth-order valence-electron chi connectivity index (χ4n) is 3.27. The Morgan fingerprint density at radius 2 is 1.63 bits per heavy atom. The van der Waals surface area contributed by atoms with Crippen molar-refractivity contribution in [2.75, 3.05) is 16.6 Å². The van der Waals surface area contributed by atoms with Crippen molar-refractivity contribution in [3.8, 4) is 5.75 Å². The summed E-state index contributed by atoms with van der Waals surface area (Å²) in [4.78, 5) is 20.9. The number of carbonyl (C=O) groups excluding carboxylic acids is 1. The number of anilines is 2. The molecule has 0 fully saturated rings. The average molecular weight is 514 g/mol. The molecule has 1 amide bonds. The highest BCUT2D eigenvalue weighted by Gasteiger charge is 2.17. The van der Waals surface area contributed by atoms with E-state index in [1.165, 1.54) is 12.1 Å². The van der Waals surface area contributed by atoms with E-state index in [0.29, 0.717) is 35.0 Å². The summed E-state index contributed by atoms with van der Waals surface area (Å²) in [6.45, 7) is 9.72. The molecular weight excluding hydrogens is 486 g/mol. The summed E-state index contributed by atoms with van der Waals surface area (Å²) in [6.07, 6.45) is 0. The van der Waals surface area contributed by atoms with E-state index < -0.39 is 10.0 Å². The van der Waals surface area contributed by atoms with Gasteiger partial charge in [-0.3, -0.25) is 10.1 Å². The molecule has 184 valence electrons. The van der Waals surface area contributed by atoms with Crippen LogP contribution in [-0.2, 0) is 10.0 Å². The third-order valence-corrected chi connectivity index (χ3v) is 6.59. The monoisotopic (exact) mass is 513 g/mol. The molecule has 0 atom stereocenters. The number of hydrogen-bond donors (Lipinski definition) is 3. The summed E-state index contributed by atoms with van der Waals surface area (Å²) in [5.74, 6) is 0.268. The molecular formula is C24H27N5O4S2. The number of sulfonamides is 1. The number of nitrogens with one attached hydrogen (secondary N) is 3. The lowest BCUT2D eigenvalue weighted by Crippen LogP contribution is -2.34. The molecule has 3 aromatic rings. The Bertz CT molecular complexity index is 1350. The van der Waals surface area contributed by atoms with Crippen LogP contribution in [0.3, 0.4) is 0 Å². The Hall–Kier alpha value is -3.57. The molecule has 0 unspecified atom stereocenters. The number of ether oxygens (including phenoxy) is 1. The van der Waals surface area contributed by atoms with Gasteiger partial charge < -0.3 is 10.1 Å². The lowest BCUT2D eigenvalue weighted by atomic mass is 10.0. The first kappa shape index (κ1) is 26.0. The van der Waals surface area contributed by atoms with Gasteiger partial charge in [0, 0.05) is 22.6 Å². The number of hydrogen-bond acceptors (Lipinski definition) is 7. The van der Waals surface area contributed by atoms with Crippen LogP contribution in [-0.4, -0.2) is 36.0 Å². The maximum atomic E-state index is 12.7. The molecule has 11 heteroatoms. The first-order valence-electron chi connectivity index (χ1n) is 10.8. The number of aromatic nitrogens is 2. The lowest BCUT2D eigenvalue weighted by Gasteiger charge is -2.14. The van der Waals surface area contributed by atoms with E-state index in [1.54, 1.807) is 44.2 Å². The van der Waals surface area contributed by atoms with Gasteiger partial charge in [-0.1, -0.05) is 0 Å². The summed E-state index contributed by atoms with van der Waals surface area (Å²) < 4.78 is 33.3. The molecule has 2 aromatic carbocycles. The Labute approximate surface area is 210 Å². The van der Waals surface area contributed by atoms with Crippen molar-refractivity contribution in [3.63, 3.8) is 0 Å². The van der Waals surface area contributed by atoms with Crippen LogP contribution in [0.25, 0.3) is 0 Å². The zero-order chi connectivity index (χ0) is 25.8. The smallest absolute Gasteiger partial charge is 0.264 e. The van der Waals surface area contributed by atoms with Crippen molar-refractivity contribution in [2.24, 2.45) is 0 Å². The van der Waals surface area contributed by atoms with Crippen molar-refractivity contribution >= 4 is 44.9 Å². The highest BCUT2D eigenvalue weighted by molar-refractivity contribution is 7.92. The van der Waals surface area contributed by atoms with Gasteiger partial charge in [0.1, 0.15) is 5.75 Å². The number of aryl methyl sites for hydroxylation is 3. The molecule has 0 aliphatic heterocycles. The Morgan fingerprint density at radius 1 is 1.00 bits per heavy atom. The van der Waals surface area contributed by atoms with E-state index in [2.05, 4.69) is 25.3 Å². The molecule has 0 radical (unpaired) electrons. The van der Waals surface area contributed by atoms with Gasteiger partial charge >= 0.3 is 0 Å². The number of nitrogens with zero attached hydrogens (tertiary/aromatic N) is 2. The van der Waals surface area contributed by atoms with Gasteiger partial charge in [0.15, 0.2) is 5.11 Å². The molecule has 35 heavy (non-hydrogen) atoms. The van der Waals surface area contributed by atoms with Gasteiger partial charge in [-0.25, -0.2) is 23.1 Å². The Balaban J connectivity index is 1.66. The molecule has 0 aliphatic rings. The normalized spacial score (nSPS) is 11.0. The molecule has 1 aromatic heterocycles. The highest BCUT2D eigenvalue weighted by atomic mass is 32.2. The molecule has 0 spiro atoms. The lowest BCUT2D eigenvalue weighted by molar-refractivity contribution is 0.0977. The summed E-state index contributed by atoms with van der Waals surface area (Å²) in [5.41, 5.74) is 4.13. The number of thiocarbonyl (C=S) groups is 1. The van der Waals surface area contributed by atoms with Gasteiger partial charge in [-0.05, 0) is 100 Å². The van der Waals surface area contributed by atoms with Crippen molar-refractivity contribution in [3.05, 3.63) is 70.5 Å². The minimum Gasteiger partial charge on any atom is -0.494 e. The molecule has 0 saturated heterocycles. The van der Waals surface area contributed by atoms with E-state index in [-0.39, 0.29) is 21.9 Å². The van der Waals surface area contributed by atoms with Crippen LogP contribution in [0.5, 0.6) is 5.75 Å². The third-order valence-electron chi connectivity index (χ3n) is 5.04. The van der Waals surface area contributed by atoms with Crippen LogP contribution in [0.1, 0.15) is 39.8 Å². The molecule has 3 rings (SSSR count). The van der Waals surface area contributed by atoms with Crippen molar-refractivity contribution in [2.45, 2.75) is 39.5 Å². The van der Waals surface area contributed by atoms with Gasteiger partial charge in [0.2, 0.25) is 5.95 Å². The van der Waals surface area contributed by atoms with Crippen LogP contribution in [0.2, 0.25) is 0 Å². The van der Waals surface area contributed by atoms with Crippen molar-refractivity contribution in [1.82, 2.24) is 15.3 Å². The SMILES string of the molecule is CCOc1cc(C(=O)NC(=S)Nc2ccc(S(=O)(=O)Nc3nc(C)cc(C)n3)cc2)cc(C)c1C. The van der Waals surface area contributed by atoms with E-state index >= 15 is 0 Å². The zero-order valence-electron chi connectivity index (χ0n) is 20.1. The second-order valence-electron chi connectivity index (χ2n) is 7.86. The maximum absolute atomic E-state index is 12.7. The minimum absolute atomic E-state index is 0.00688.